The Bertz CT molecular complexity index is 398. The number of hydrogen-bond acceptors (Lipinski definition) is 7. The molecule has 0 aliphatic carbocycles. The first-order valence-corrected chi connectivity index (χ1v) is 6.15. The monoisotopic (exact) mass is 287 g/mol. The fourth-order valence-electron chi connectivity index (χ4n) is 1.53. The van der Waals surface area contributed by atoms with Gasteiger partial charge in [0, 0.05) is 0 Å². The van der Waals surface area contributed by atoms with Gasteiger partial charge in [0.15, 0.2) is 5.34 Å². The van der Waals surface area contributed by atoms with Crippen molar-refractivity contribution in [2.75, 3.05) is 13.2 Å². The number of carbonyl (C=O) groups excluding carboxylic acids is 3. The Kier molecular flexibility index (Phi) is 5.88. The highest BCUT2D eigenvalue weighted by Crippen LogP contribution is 2.04. The second kappa shape index (κ2) is 7.41. The van der Waals surface area contributed by atoms with Gasteiger partial charge in [-0.2, -0.15) is 0 Å². The number of rotatable bonds is 7. The van der Waals surface area contributed by atoms with Crippen molar-refractivity contribution in [3.05, 3.63) is 4.91 Å². The fourth-order valence-corrected chi connectivity index (χ4v) is 1.53. The van der Waals surface area contributed by atoms with Crippen LogP contribution in [0.25, 0.3) is 0 Å². The Morgan fingerprint density at radius 2 is 1.85 bits per heavy atom. The van der Waals surface area contributed by atoms with Gasteiger partial charge in [0.05, 0.1) is 13.0 Å². The molecule has 0 aromatic carbocycles. The molecule has 2 N–H and O–H groups in total. The highest BCUT2D eigenvalue weighted by molar-refractivity contribution is 5.98. The van der Waals surface area contributed by atoms with E-state index in [1.54, 1.807) is 0 Å². The Labute approximate surface area is 115 Å². The summed E-state index contributed by atoms with van der Waals surface area (Å²) in [5, 5.41) is 6.85. The minimum absolute atomic E-state index is 0.186. The molecule has 1 rings (SSSR count). The summed E-state index contributed by atoms with van der Waals surface area (Å²) in [4.78, 5) is 48.7. The second-order valence-corrected chi connectivity index (χ2v) is 4.77. The van der Waals surface area contributed by atoms with Gasteiger partial charge in [-0.25, -0.2) is 0 Å². The number of esters is 1. The first-order valence-electron chi connectivity index (χ1n) is 6.15. The topological polar surface area (TPSA) is 123 Å². The number of amides is 2. The van der Waals surface area contributed by atoms with E-state index in [1.165, 1.54) is 0 Å². The van der Waals surface area contributed by atoms with Crippen LogP contribution in [0, 0.1) is 10.8 Å². The normalized spacial score (nSPS) is 21.9. The summed E-state index contributed by atoms with van der Waals surface area (Å²) in [6.45, 7) is 3.66. The second-order valence-electron chi connectivity index (χ2n) is 4.77. The quantitative estimate of drug-likeness (QED) is 0.361. The first-order chi connectivity index (χ1) is 9.43. The summed E-state index contributed by atoms with van der Waals surface area (Å²) in [5.74, 6) is -1.46. The predicted octanol–water partition coefficient (Wildman–Crippen LogP) is -0.743. The molecular weight excluding hydrogens is 270 g/mol. The number of ether oxygens (including phenoxy) is 1. The third-order valence-electron chi connectivity index (χ3n) is 2.51. The Morgan fingerprint density at radius 3 is 2.45 bits per heavy atom. The van der Waals surface area contributed by atoms with Gasteiger partial charge in [-0.3, -0.25) is 14.4 Å². The van der Waals surface area contributed by atoms with Crippen molar-refractivity contribution in [1.82, 2.24) is 10.6 Å². The average Bonchev–Trinajstić information content (AvgIpc) is 2.38. The van der Waals surface area contributed by atoms with E-state index < -0.39 is 29.9 Å². The molecule has 112 valence electrons. The van der Waals surface area contributed by atoms with E-state index in [4.69, 9.17) is 4.74 Å². The minimum atomic E-state index is -0.997. The fraction of sp³-hybridized carbons (Fsp3) is 0.727. The third-order valence-corrected chi connectivity index (χ3v) is 2.51. The number of hydrogen-bond donors (Lipinski definition) is 2. The first kappa shape index (κ1) is 15.9. The van der Waals surface area contributed by atoms with Crippen LogP contribution in [-0.2, 0) is 24.0 Å². The van der Waals surface area contributed by atoms with Crippen molar-refractivity contribution in [2.45, 2.75) is 32.4 Å². The lowest BCUT2D eigenvalue weighted by molar-refractivity contribution is -0.148. The van der Waals surface area contributed by atoms with Crippen molar-refractivity contribution in [1.29, 1.82) is 0 Å². The summed E-state index contributed by atoms with van der Waals surface area (Å²) in [7, 11) is 0. The van der Waals surface area contributed by atoms with Crippen LogP contribution in [0.4, 0.5) is 0 Å². The standard InChI is InChI=1S/C11H17N3O6/c1-6(2)4-19-9(15)3-7-10(16)13-8(5-20-14-18)11(17)12-7/h6-8H,3-5H2,1-2H3,(H,12,17)(H,13,16). The minimum Gasteiger partial charge on any atom is -0.465 e. The zero-order valence-electron chi connectivity index (χ0n) is 11.3. The van der Waals surface area contributed by atoms with Crippen LogP contribution >= 0.6 is 0 Å². The summed E-state index contributed by atoms with van der Waals surface area (Å²) < 4.78 is 4.93. The molecule has 2 unspecified atom stereocenters. The number of piperazine rings is 1. The predicted molar refractivity (Wildman–Crippen MR) is 66.0 cm³/mol. The Morgan fingerprint density at radius 1 is 1.25 bits per heavy atom. The van der Waals surface area contributed by atoms with Crippen molar-refractivity contribution in [3.63, 3.8) is 0 Å². The maximum Gasteiger partial charge on any atom is 0.308 e. The van der Waals surface area contributed by atoms with Gasteiger partial charge in [-0.1, -0.05) is 13.8 Å². The molecule has 1 fully saturated rings. The molecule has 1 aliphatic rings. The van der Waals surface area contributed by atoms with Gasteiger partial charge in [0.2, 0.25) is 11.8 Å². The third kappa shape index (κ3) is 4.82. The molecule has 0 spiro atoms. The van der Waals surface area contributed by atoms with E-state index in [9.17, 15) is 19.3 Å². The molecule has 2 atom stereocenters. The van der Waals surface area contributed by atoms with Gasteiger partial charge in [-0.05, 0) is 5.92 Å². The molecule has 0 saturated carbocycles. The van der Waals surface area contributed by atoms with E-state index in [-0.39, 0.29) is 25.6 Å². The van der Waals surface area contributed by atoms with Crippen molar-refractivity contribution >= 4 is 17.8 Å². The van der Waals surface area contributed by atoms with Gasteiger partial charge in [0.1, 0.15) is 18.7 Å². The molecule has 1 heterocycles. The maximum absolute atomic E-state index is 11.7. The molecule has 2 amide bonds. The summed E-state index contributed by atoms with van der Waals surface area (Å²) in [6.07, 6.45) is -0.246. The van der Waals surface area contributed by atoms with Gasteiger partial charge >= 0.3 is 5.97 Å². The van der Waals surface area contributed by atoms with Crippen molar-refractivity contribution in [2.24, 2.45) is 11.3 Å². The number of nitrogens with one attached hydrogen (secondary N) is 2. The lowest BCUT2D eigenvalue weighted by atomic mass is 10.1. The molecule has 1 aliphatic heterocycles. The Balaban J connectivity index is 2.45. The van der Waals surface area contributed by atoms with E-state index in [0.717, 1.165) is 0 Å². The molecule has 9 heteroatoms. The zero-order valence-corrected chi connectivity index (χ0v) is 11.3. The Hall–Kier alpha value is -2.19. The van der Waals surface area contributed by atoms with E-state index in [0.29, 0.717) is 0 Å². The number of carbonyl (C=O) groups is 3. The average molecular weight is 287 g/mol. The summed E-state index contributed by atoms with van der Waals surface area (Å²) >= 11 is 0. The van der Waals surface area contributed by atoms with E-state index in [1.807, 2.05) is 13.8 Å². The molecule has 9 nitrogen and oxygen atoms in total. The van der Waals surface area contributed by atoms with Crippen molar-refractivity contribution in [3.8, 4) is 0 Å². The highest BCUT2D eigenvalue weighted by atomic mass is 16.7. The van der Waals surface area contributed by atoms with Crippen LogP contribution in [0.15, 0.2) is 5.34 Å². The summed E-state index contributed by atoms with van der Waals surface area (Å²) in [6, 6.07) is -1.98. The molecule has 1 saturated heterocycles. The van der Waals surface area contributed by atoms with Crippen LogP contribution in [0.3, 0.4) is 0 Å². The lowest BCUT2D eigenvalue weighted by Gasteiger charge is -2.28. The van der Waals surface area contributed by atoms with Crippen molar-refractivity contribution < 1.29 is 24.0 Å². The van der Waals surface area contributed by atoms with Crippen LogP contribution in [0.5, 0.6) is 0 Å². The van der Waals surface area contributed by atoms with Gasteiger partial charge in [-0.15, -0.1) is 4.91 Å². The molecule has 0 bridgehead atoms. The molecule has 0 aromatic heterocycles. The van der Waals surface area contributed by atoms with E-state index >= 15 is 0 Å². The van der Waals surface area contributed by atoms with Crippen LogP contribution < -0.4 is 10.6 Å². The summed E-state index contributed by atoms with van der Waals surface area (Å²) in [5.41, 5.74) is 0. The van der Waals surface area contributed by atoms with Crippen LogP contribution in [0.2, 0.25) is 0 Å². The van der Waals surface area contributed by atoms with Crippen LogP contribution in [-0.4, -0.2) is 43.1 Å². The smallest absolute Gasteiger partial charge is 0.308 e. The lowest BCUT2D eigenvalue weighted by Crippen LogP contribution is -2.63. The number of nitrogens with zero attached hydrogens (tertiary/aromatic N) is 1. The molecular formula is C11H17N3O6. The highest BCUT2D eigenvalue weighted by Gasteiger charge is 2.35. The molecule has 0 radical (unpaired) electrons. The largest absolute Gasteiger partial charge is 0.465 e. The van der Waals surface area contributed by atoms with Gasteiger partial charge in [0.25, 0.3) is 0 Å². The molecule has 0 aromatic rings. The van der Waals surface area contributed by atoms with Crippen LogP contribution in [0.1, 0.15) is 20.3 Å². The SMILES string of the molecule is CC(C)COC(=O)CC1NC(=O)C(CON=O)NC1=O. The zero-order chi connectivity index (χ0) is 15.1. The molecule has 20 heavy (non-hydrogen) atoms. The van der Waals surface area contributed by atoms with Gasteiger partial charge < -0.3 is 20.2 Å². The van der Waals surface area contributed by atoms with E-state index in [2.05, 4.69) is 20.8 Å². The maximum atomic E-state index is 11.7.